The molecular weight excluding hydrogens is 304 g/mol. The third kappa shape index (κ3) is 2.53. The number of aromatic nitrogens is 4. The first-order chi connectivity index (χ1) is 11.8. The number of pyridine rings is 1. The first-order valence-electron chi connectivity index (χ1n) is 8.29. The third-order valence-corrected chi connectivity index (χ3v) is 4.31. The summed E-state index contributed by atoms with van der Waals surface area (Å²) >= 11 is 0. The molecule has 0 aromatic carbocycles. The molecule has 0 bridgehead atoms. The van der Waals surface area contributed by atoms with Crippen LogP contribution in [0.15, 0.2) is 30.6 Å². The molecule has 1 aliphatic rings. The number of nitrogens with zero attached hydrogens (tertiary/aromatic N) is 4. The van der Waals surface area contributed by atoms with E-state index in [2.05, 4.69) is 9.38 Å². The van der Waals surface area contributed by atoms with Gasteiger partial charge in [-0.05, 0) is 38.5 Å². The first-order valence-corrected chi connectivity index (χ1v) is 8.29. The van der Waals surface area contributed by atoms with Crippen molar-refractivity contribution >= 4 is 5.65 Å². The molecule has 0 amide bonds. The van der Waals surface area contributed by atoms with Gasteiger partial charge < -0.3 is 9.47 Å². The standard InChI is InChI=1S/C18H20N4O2/c1-3-24-18-14(5-4-8-19-18)15-6-9-22-16(21-15)12(2)20-17(22)13-7-10-23-11-13/h4-6,8-9,13H,3,7,10-11H2,1-2H3. The smallest absolute Gasteiger partial charge is 0.222 e. The number of rotatable bonds is 4. The van der Waals surface area contributed by atoms with Crippen molar-refractivity contribution in [3.8, 4) is 17.1 Å². The lowest BCUT2D eigenvalue weighted by Gasteiger charge is -2.10. The lowest BCUT2D eigenvalue weighted by molar-refractivity contribution is 0.193. The summed E-state index contributed by atoms with van der Waals surface area (Å²) < 4.78 is 13.2. The average molecular weight is 324 g/mol. The van der Waals surface area contributed by atoms with Crippen molar-refractivity contribution in [2.75, 3.05) is 19.8 Å². The first kappa shape index (κ1) is 15.1. The molecule has 1 aliphatic heterocycles. The minimum absolute atomic E-state index is 0.344. The molecule has 4 heterocycles. The van der Waals surface area contributed by atoms with Crippen LogP contribution < -0.4 is 4.74 Å². The number of hydrogen-bond donors (Lipinski definition) is 0. The van der Waals surface area contributed by atoms with E-state index in [-0.39, 0.29) is 0 Å². The Kier molecular flexibility index (Phi) is 3.90. The Morgan fingerprint density at radius 1 is 1.33 bits per heavy atom. The number of ether oxygens (including phenoxy) is 2. The van der Waals surface area contributed by atoms with Gasteiger partial charge in [-0.1, -0.05) is 0 Å². The van der Waals surface area contributed by atoms with Crippen molar-refractivity contribution in [1.29, 1.82) is 0 Å². The van der Waals surface area contributed by atoms with Crippen LogP contribution in [0.1, 0.15) is 30.8 Å². The Balaban J connectivity index is 1.81. The van der Waals surface area contributed by atoms with Crippen molar-refractivity contribution in [1.82, 2.24) is 19.4 Å². The Morgan fingerprint density at radius 3 is 3.04 bits per heavy atom. The van der Waals surface area contributed by atoms with Crippen molar-refractivity contribution in [2.24, 2.45) is 0 Å². The van der Waals surface area contributed by atoms with Crippen LogP contribution in [0, 0.1) is 6.92 Å². The second kappa shape index (κ2) is 6.20. The summed E-state index contributed by atoms with van der Waals surface area (Å²) in [5.41, 5.74) is 3.55. The molecule has 1 unspecified atom stereocenters. The van der Waals surface area contributed by atoms with Gasteiger partial charge in [-0.3, -0.25) is 4.40 Å². The minimum atomic E-state index is 0.344. The summed E-state index contributed by atoms with van der Waals surface area (Å²) in [4.78, 5) is 13.9. The Bertz CT molecular complexity index is 869. The Hall–Kier alpha value is -2.47. The van der Waals surface area contributed by atoms with E-state index in [1.165, 1.54) is 0 Å². The lowest BCUT2D eigenvalue weighted by atomic mass is 10.1. The number of aryl methyl sites for hydroxylation is 1. The maximum atomic E-state index is 5.63. The molecule has 0 spiro atoms. The maximum Gasteiger partial charge on any atom is 0.222 e. The van der Waals surface area contributed by atoms with Crippen LogP contribution in [-0.2, 0) is 4.74 Å². The number of imidazole rings is 1. The molecule has 0 saturated carbocycles. The van der Waals surface area contributed by atoms with Crippen LogP contribution in [-0.4, -0.2) is 39.2 Å². The van der Waals surface area contributed by atoms with Crippen LogP contribution in [0.2, 0.25) is 0 Å². The quantitative estimate of drug-likeness (QED) is 0.738. The predicted octanol–water partition coefficient (Wildman–Crippen LogP) is 3.00. The largest absolute Gasteiger partial charge is 0.477 e. The number of hydrogen-bond acceptors (Lipinski definition) is 5. The molecule has 6 nitrogen and oxygen atoms in total. The van der Waals surface area contributed by atoms with E-state index in [0.717, 1.165) is 48.1 Å². The van der Waals surface area contributed by atoms with Gasteiger partial charge in [0, 0.05) is 24.9 Å². The van der Waals surface area contributed by atoms with E-state index in [4.69, 9.17) is 19.4 Å². The molecule has 3 aromatic rings. The van der Waals surface area contributed by atoms with E-state index in [9.17, 15) is 0 Å². The summed E-state index contributed by atoms with van der Waals surface area (Å²) in [6.07, 6.45) is 4.78. The Labute approximate surface area is 140 Å². The second-order valence-corrected chi connectivity index (χ2v) is 5.91. The summed E-state index contributed by atoms with van der Waals surface area (Å²) in [5, 5.41) is 0. The molecule has 124 valence electrons. The molecule has 24 heavy (non-hydrogen) atoms. The molecule has 0 N–H and O–H groups in total. The SMILES string of the molecule is CCOc1ncccc1-c1ccn2c(C3CCOC3)nc(C)c2n1. The van der Waals surface area contributed by atoms with Gasteiger partial charge in [-0.25, -0.2) is 15.0 Å². The minimum Gasteiger partial charge on any atom is -0.477 e. The molecule has 6 heteroatoms. The molecule has 1 saturated heterocycles. The van der Waals surface area contributed by atoms with Crippen LogP contribution in [0.4, 0.5) is 0 Å². The van der Waals surface area contributed by atoms with E-state index >= 15 is 0 Å². The summed E-state index contributed by atoms with van der Waals surface area (Å²) in [5.74, 6) is 1.99. The van der Waals surface area contributed by atoms with Gasteiger partial charge in [0.1, 0.15) is 5.82 Å². The summed E-state index contributed by atoms with van der Waals surface area (Å²) in [6.45, 7) is 6.06. The maximum absolute atomic E-state index is 5.63. The van der Waals surface area contributed by atoms with Crippen LogP contribution >= 0.6 is 0 Å². The van der Waals surface area contributed by atoms with Gasteiger partial charge in [0.2, 0.25) is 5.88 Å². The highest BCUT2D eigenvalue weighted by Crippen LogP contribution is 2.29. The van der Waals surface area contributed by atoms with E-state index < -0.39 is 0 Å². The normalized spacial score (nSPS) is 17.5. The second-order valence-electron chi connectivity index (χ2n) is 5.91. The van der Waals surface area contributed by atoms with Crippen molar-refractivity contribution < 1.29 is 9.47 Å². The summed E-state index contributed by atoms with van der Waals surface area (Å²) in [6, 6.07) is 5.87. The molecule has 3 aromatic heterocycles. The summed E-state index contributed by atoms with van der Waals surface area (Å²) in [7, 11) is 0. The van der Waals surface area contributed by atoms with Crippen LogP contribution in [0.5, 0.6) is 5.88 Å². The zero-order valence-electron chi connectivity index (χ0n) is 13.9. The van der Waals surface area contributed by atoms with E-state index in [1.807, 2.05) is 38.2 Å². The zero-order valence-corrected chi connectivity index (χ0v) is 13.9. The predicted molar refractivity (Wildman–Crippen MR) is 90.3 cm³/mol. The van der Waals surface area contributed by atoms with E-state index in [0.29, 0.717) is 18.4 Å². The zero-order chi connectivity index (χ0) is 16.5. The monoisotopic (exact) mass is 324 g/mol. The third-order valence-electron chi connectivity index (χ3n) is 4.31. The van der Waals surface area contributed by atoms with Gasteiger partial charge in [0.25, 0.3) is 0 Å². The molecule has 1 atom stereocenters. The van der Waals surface area contributed by atoms with Gasteiger partial charge >= 0.3 is 0 Å². The molecule has 0 radical (unpaired) electrons. The fourth-order valence-corrected chi connectivity index (χ4v) is 3.15. The highest BCUT2D eigenvalue weighted by Gasteiger charge is 2.24. The number of fused-ring (bicyclic) bond motifs is 1. The van der Waals surface area contributed by atoms with Gasteiger partial charge in [-0.15, -0.1) is 0 Å². The van der Waals surface area contributed by atoms with Gasteiger partial charge in [0.15, 0.2) is 5.65 Å². The molecule has 0 aliphatic carbocycles. The topological polar surface area (TPSA) is 61.5 Å². The fraction of sp³-hybridized carbons (Fsp3) is 0.389. The fourth-order valence-electron chi connectivity index (χ4n) is 3.15. The van der Waals surface area contributed by atoms with Crippen LogP contribution in [0.25, 0.3) is 16.9 Å². The highest BCUT2D eigenvalue weighted by atomic mass is 16.5. The average Bonchev–Trinajstić information content (AvgIpc) is 3.24. The molecule has 1 fully saturated rings. The van der Waals surface area contributed by atoms with Crippen molar-refractivity contribution in [3.63, 3.8) is 0 Å². The Morgan fingerprint density at radius 2 is 2.25 bits per heavy atom. The van der Waals surface area contributed by atoms with Crippen molar-refractivity contribution in [3.05, 3.63) is 42.1 Å². The van der Waals surface area contributed by atoms with Crippen LogP contribution in [0.3, 0.4) is 0 Å². The molecular formula is C18H20N4O2. The van der Waals surface area contributed by atoms with Gasteiger partial charge in [0.05, 0.1) is 30.2 Å². The molecule has 4 rings (SSSR count). The van der Waals surface area contributed by atoms with Gasteiger partial charge in [-0.2, -0.15) is 0 Å². The highest BCUT2D eigenvalue weighted by molar-refractivity contribution is 5.67. The lowest BCUT2D eigenvalue weighted by Crippen LogP contribution is -2.04. The van der Waals surface area contributed by atoms with E-state index in [1.54, 1.807) is 6.20 Å². The van der Waals surface area contributed by atoms with Crippen molar-refractivity contribution in [2.45, 2.75) is 26.2 Å².